The van der Waals surface area contributed by atoms with Gasteiger partial charge < -0.3 is 30.3 Å². The van der Waals surface area contributed by atoms with E-state index in [1.807, 2.05) is 0 Å². The number of methoxy groups -OCH3 is 1. The van der Waals surface area contributed by atoms with Crippen LogP contribution in [0.5, 0.6) is 0 Å². The second-order valence-electron chi connectivity index (χ2n) is 10.3. The van der Waals surface area contributed by atoms with Gasteiger partial charge in [-0.3, -0.25) is 33.8 Å². The molecule has 2 atom stereocenters. The minimum atomic E-state index is -1.39. The molecular formula is C32H33N5O9. The molecule has 0 spiro atoms. The van der Waals surface area contributed by atoms with Crippen molar-refractivity contribution in [3.63, 3.8) is 0 Å². The average molecular weight is 632 g/mol. The van der Waals surface area contributed by atoms with Gasteiger partial charge in [-0.15, -0.1) is 0 Å². The number of hydrogen-bond acceptors (Lipinski definition) is 10. The third kappa shape index (κ3) is 8.71. The van der Waals surface area contributed by atoms with Gasteiger partial charge in [-0.25, -0.2) is 4.79 Å². The highest BCUT2D eigenvalue weighted by Crippen LogP contribution is 2.19. The lowest BCUT2D eigenvalue weighted by molar-refractivity contribution is -0.152. The molecule has 4 rings (SSSR count). The van der Waals surface area contributed by atoms with Crippen LogP contribution in [0.25, 0.3) is 10.9 Å². The molecule has 14 nitrogen and oxygen atoms in total. The number of benzene rings is 2. The smallest absolute Gasteiger partial charge is 0.328 e. The molecule has 1 aromatic heterocycles. The molecule has 3 N–H and O–H groups in total. The van der Waals surface area contributed by atoms with Gasteiger partial charge in [0, 0.05) is 18.1 Å². The van der Waals surface area contributed by atoms with E-state index < -0.39 is 72.9 Å². The molecule has 0 radical (unpaired) electrons. The summed E-state index contributed by atoms with van der Waals surface area (Å²) in [5.74, 6) is -5.62. The van der Waals surface area contributed by atoms with Crippen LogP contribution in [0.4, 0.5) is 0 Å². The second kappa shape index (κ2) is 15.9. The van der Waals surface area contributed by atoms with Crippen molar-refractivity contribution in [2.75, 3.05) is 26.7 Å². The highest BCUT2D eigenvalue weighted by Gasteiger charge is 2.37. The standard InChI is InChI=1S/C32H33N5O9/c1-45-32(44)24(16-28(40)46-19-20-8-3-2-4-9-20)36-26(38)17-34-31(43)29(41)25-12-7-15-37(25)27(39)18-35-30(42)22-13-14-33-23-11-6-5-10-21(22)23/h2-6,8-11,13-14,24-25H,7,12,15-19H2,1H3,(H,34,43)(H,35,42)(H,36,38)/t24-,25-/m0/s1. The van der Waals surface area contributed by atoms with Crippen LogP contribution in [0, 0.1) is 0 Å². The highest BCUT2D eigenvalue weighted by molar-refractivity contribution is 6.38. The van der Waals surface area contributed by atoms with E-state index in [0.717, 1.165) is 12.7 Å². The van der Waals surface area contributed by atoms with E-state index >= 15 is 0 Å². The van der Waals surface area contributed by atoms with Crippen LogP contribution < -0.4 is 16.0 Å². The Labute approximate surface area is 263 Å². The number of carbonyl (C=O) groups is 7. The molecule has 0 bridgehead atoms. The third-order valence-corrected chi connectivity index (χ3v) is 7.24. The number of aromatic nitrogens is 1. The van der Waals surface area contributed by atoms with Crippen LogP contribution in [0.3, 0.4) is 0 Å². The first-order chi connectivity index (χ1) is 22.2. The van der Waals surface area contributed by atoms with E-state index in [1.54, 1.807) is 54.6 Å². The van der Waals surface area contributed by atoms with Gasteiger partial charge in [0.1, 0.15) is 18.7 Å². The lowest BCUT2D eigenvalue weighted by atomic mass is 10.1. The van der Waals surface area contributed by atoms with Crippen LogP contribution >= 0.6 is 0 Å². The molecular weight excluding hydrogens is 598 g/mol. The maximum absolute atomic E-state index is 12.9. The first-order valence-electron chi connectivity index (χ1n) is 14.5. The average Bonchev–Trinajstić information content (AvgIpc) is 3.58. The van der Waals surface area contributed by atoms with Gasteiger partial charge in [0.25, 0.3) is 11.8 Å². The molecule has 0 aliphatic carbocycles. The zero-order valence-corrected chi connectivity index (χ0v) is 25.0. The van der Waals surface area contributed by atoms with Crippen molar-refractivity contribution in [3.8, 4) is 0 Å². The fourth-order valence-electron chi connectivity index (χ4n) is 4.93. The monoisotopic (exact) mass is 631 g/mol. The molecule has 240 valence electrons. The number of hydrogen-bond donors (Lipinski definition) is 3. The Morgan fingerprint density at radius 1 is 0.935 bits per heavy atom. The minimum Gasteiger partial charge on any atom is -0.467 e. The number of esters is 2. The fraction of sp³-hybridized carbons (Fsp3) is 0.312. The normalized spacial score (nSPS) is 14.5. The van der Waals surface area contributed by atoms with Crippen molar-refractivity contribution in [3.05, 3.63) is 78.0 Å². The molecule has 2 aromatic carbocycles. The third-order valence-electron chi connectivity index (χ3n) is 7.24. The molecule has 46 heavy (non-hydrogen) atoms. The van der Waals surface area contributed by atoms with E-state index in [0.29, 0.717) is 22.9 Å². The summed E-state index contributed by atoms with van der Waals surface area (Å²) < 4.78 is 9.80. The lowest BCUT2D eigenvalue weighted by Crippen LogP contribution is -2.51. The molecule has 2 heterocycles. The molecule has 1 aliphatic heterocycles. The van der Waals surface area contributed by atoms with Gasteiger partial charge in [0.15, 0.2) is 0 Å². The number of likely N-dealkylation sites (tertiary alicyclic amines) is 1. The number of para-hydroxylation sites is 1. The Morgan fingerprint density at radius 2 is 1.67 bits per heavy atom. The maximum atomic E-state index is 12.9. The van der Waals surface area contributed by atoms with Gasteiger partial charge in [0.2, 0.25) is 17.6 Å². The summed E-state index contributed by atoms with van der Waals surface area (Å²) >= 11 is 0. The number of nitrogens with zero attached hydrogens (tertiary/aromatic N) is 2. The summed E-state index contributed by atoms with van der Waals surface area (Å²) in [5, 5.41) is 7.66. The Morgan fingerprint density at radius 3 is 2.43 bits per heavy atom. The first kappa shape index (κ1) is 33.2. The predicted molar refractivity (Wildman–Crippen MR) is 162 cm³/mol. The number of nitrogens with one attached hydrogen (secondary N) is 3. The van der Waals surface area contributed by atoms with Crippen LogP contribution in [-0.2, 0) is 44.8 Å². The van der Waals surface area contributed by atoms with Crippen molar-refractivity contribution in [2.45, 2.75) is 38.0 Å². The van der Waals surface area contributed by atoms with Crippen molar-refractivity contribution < 1.29 is 43.0 Å². The van der Waals surface area contributed by atoms with Crippen molar-refractivity contribution >= 4 is 52.3 Å². The number of carbonyl (C=O) groups excluding carboxylic acids is 7. The first-order valence-corrected chi connectivity index (χ1v) is 14.5. The molecule has 1 saturated heterocycles. The SMILES string of the molecule is COC(=O)[C@H](CC(=O)OCc1ccccc1)NC(=O)CNC(=O)C(=O)[C@@H]1CCCN1C(=O)CNC(=O)c1ccnc2ccccc12. The van der Waals surface area contributed by atoms with Crippen molar-refractivity contribution in [2.24, 2.45) is 0 Å². The van der Waals surface area contributed by atoms with Gasteiger partial charge in [-0.1, -0.05) is 48.5 Å². The predicted octanol–water partition coefficient (Wildman–Crippen LogP) is 0.432. The van der Waals surface area contributed by atoms with E-state index in [-0.39, 0.29) is 19.6 Å². The Kier molecular flexibility index (Phi) is 11.5. The van der Waals surface area contributed by atoms with E-state index in [2.05, 4.69) is 25.7 Å². The fourth-order valence-corrected chi connectivity index (χ4v) is 4.93. The summed E-state index contributed by atoms with van der Waals surface area (Å²) in [5.41, 5.74) is 1.69. The van der Waals surface area contributed by atoms with Gasteiger partial charge in [-0.2, -0.15) is 0 Å². The van der Waals surface area contributed by atoms with E-state index in [1.165, 1.54) is 17.2 Å². The summed E-state index contributed by atoms with van der Waals surface area (Å²) in [7, 11) is 1.08. The topological polar surface area (TPSA) is 190 Å². The molecule has 1 fully saturated rings. The van der Waals surface area contributed by atoms with Gasteiger partial charge in [-0.05, 0) is 30.5 Å². The zero-order valence-electron chi connectivity index (χ0n) is 25.0. The highest BCUT2D eigenvalue weighted by atomic mass is 16.5. The summed E-state index contributed by atoms with van der Waals surface area (Å²) in [6.07, 6.45) is 1.65. The molecule has 14 heteroatoms. The minimum absolute atomic E-state index is 0.0331. The molecule has 1 aliphatic rings. The van der Waals surface area contributed by atoms with Crippen LogP contribution in [0.1, 0.15) is 35.2 Å². The van der Waals surface area contributed by atoms with Crippen LogP contribution in [-0.4, -0.2) is 90.1 Å². The van der Waals surface area contributed by atoms with Gasteiger partial charge >= 0.3 is 11.9 Å². The molecule has 0 saturated carbocycles. The zero-order chi connectivity index (χ0) is 33.1. The quantitative estimate of drug-likeness (QED) is 0.176. The van der Waals surface area contributed by atoms with Crippen molar-refractivity contribution in [1.82, 2.24) is 25.8 Å². The maximum Gasteiger partial charge on any atom is 0.328 e. The number of ether oxygens (including phenoxy) is 2. The summed E-state index contributed by atoms with van der Waals surface area (Å²) in [6, 6.07) is 15.0. The summed E-state index contributed by atoms with van der Waals surface area (Å²) in [4.78, 5) is 93.7. The largest absolute Gasteiger partial charge is 0.467 e. The molecule has 3 aromatic rings. The Balaban J connectivity index is 1.25. The number of pyridine rings is 1. The number of rotatable bonds is 13. The van der Waals surface area contributed by atoms with Crippen molar-refractivity contribution in [1.29, 1.82) is 0 Å². The molecule has 0 unspecified atom stereocenters. The number of Topliss-reactive ketones (excluding diaryl/α,β-unsaturated/α-hetero) is 1. The van der Waals surface area contributed by atoms with Crippen LogP contribution in [0.2, 0.25) is 0 Å². The number of fused-ring (bicyclic) bond motifs is 1. The van der Waals surface area contributed by atoms with E-state index in [4.69, 9.17) is 4.74 Å². The van der Waals surface area contributed by atoms with Gasteiger partial charge in [0.05, 0.1) is 37.7 Å². The summed E-state index contributed by atoms with van der Waals surface area (Å²) in [6.45, 7) is -0.910. The molecule has 4 amide bonds. The van der Waals surface area contributed by atoms with Crippen LogP contribution in [0.15, 0.2) is 66.9 Å². The van der Waals surface area contributed by atoms with E-state index in [9.17, 15) is 33.6 Å². The Bertz CT molecular complexity index is 1620. The number of amides is 4. The Hall–Kier alpha value is -5.66. The number of ketones is 1. The lowest BCUT2D eigenvalue weighted by Gasteiger charge is -2.23. The second-order valence-corrected chi connectivity index (χ2v) is 10.3.